The Morgan fingerprint density at radius 3 is 2.85 bits per heavy atom. The van der Waals surface area contributed by atoms with Gasteiger partial charge < -0.3 is 5.32 Å². The highest BCUT2D eigenvalue weighted by Gasteiger charge is 2.44. The van der Waals surface area contributed by atoms with Crippen LogP contribution in [0.4, 0.5) is 5.69 Å². The van der Waals surface area contributed by atoms with Gasteiger partial charge in [-0.25, -0.2) is 0 Å². The van der Waals surface area contributed by atoms with Crippen LogP contribution in [-0.4, -0.2) is 26.9 Å². The van der Waals surface area contributed by atoms with Crippen LogP contribution >= 0.6 is 11.8 Å². The van der Waals surface area contributed by atoms with E-state index in [1.165, 1.54) is 11.8 Å². The molecule has 1 aliphatic rings. The molecule has 4 rings (SSSR count). The lowest BCUT2D eigenvalue weighted by molar-refractivity contribution is -0.117. The average Bonchev–Trinajstić information content (AvgIpc) is 3.38. The zero-order valence-corrected chi connectivity index (χ0v) is 15.5. The molecule has 27 heavy (non-hydrogen) atoms. The number of thioether (sulfide) groups is 1. The van der Waals surface area contributed by atoms with Crippen molar-refractivity contribution in [2.45, 2.75) is 17.5 Å². The lowest BCUT2D eigenvalue weighted by Crippen LogP contribution is -2.14. The Kier molecular flexibility index (Phi) is 4.65. The average molecular weight is 375 g/mol. The van der Waals surface area contributed by atoms with Gasteiger partial charge >= 0.3 is 0 Å². The number of nitriles is 1. The number of benzene rings is 2. The number of aromatic nitrogens is 3. The van der Waals surface area contributed by atoms with Gasteiger partial charge in [0.2, 0.25) is 5.91 Å². The Morgan fingerprint density at radius 2 is 2.11 bits per heavy atom. The van der Waals surface area contributed by atoms with Crippen molar-refractivity contribution in [2.24, 2.45) is 5.92 Å². The predicted octanol–water partition coefficient (Wildman–Crippen LogP) is 3.60. The van der Waals surface area contributed by atoms with Gasteiger partial charge in [0.15, 0.2) is 5.16 Å². The highest BCUT2D eigenvalue weighted by Crippen LogP contribution is 2.48. The van der Waals surface area contributed by atoms with E-state index in [2.05, 4.69) is 21.6 Å². The lowest BCUT2D eigenvalue weighted by atomic mass is 10.1. The molecule has 6 nitrogen and oxygen atoms in total. The minimum Gasteiger partial charge on any atom is -0.326 e. The minimum atomic E-state index is -0.0421. The van der Waals surface area contributed by atoms with Crippen LogP contribution in [0.2, 0.25) is 0 Å². The van der Waals surface area contributed by atoms with Crippen LogP contribution in [0, 0.1) is 17.2 Å². The van der Waals surface area contributed by atoms with Gasteiger partial charge in [0.25, 0.3) is 0 Å². The van der Waals surface area contributed by atoms with E-state index in [1.54, 1.807) is 12.4 Å². The van der Waals surface area contributed by atoms with E-state index in [4.69, 9.17) is 5.26 Å². The third kappa shape index (κ3) is 3.57. The number of hydrogen-bond donors (Lipinski definition) is 1. The fourth-order valence-corrected chi connectivity index (χ4v) is 3.65. The summed E-state index contributed by atoms with van der Waals surface area (Å²) in [5.41, 5.74) is 3.40. The quantitative estimate of drug-likeness (QED) is 0.689. The Bertz CT molecular complexity index is 1020. The summed E-state index contributed by atoms with van der Waals surface area (Å²) in [6.07, 6.45) is 4.44. The topological polar surface area (TPSA) is 83.6 Å². The van der Waals surface area contributed by atoms with Crippen molar-refractivity contribution in [1.29, 1.82) is 5.26 Å². The van der Waals surface area contributed by atoms with Crippen LogP contribution in [0.3, 0.4) is 0 Å². The molecule has 0 aliphatic heterocycles. The molecular formula is C20H17N5OS. The Morgan fingerprint density at radius 1 is 1.30 bits per heavy atom. The first-order valence-electron chi connectivity index (χ1n) is 8.55. The molecule has 1 fully saturated rings. The van der Waals surface area contributed by atoms with E-state index in [9.17, 15) is 4.79 Å². The van der Waals surface area contributed by atoms with Crippen molar-refractivity contribution >= 4 is 23.4 Å². The van der Waals surface area contributed by atoms with E-state index in [-0.39, 0.29) is 17.7 Å². The summed E-state index contributed by atoms with van der Waals surface area (Å²) >= 11 is 1.52. The van der Waals surface area contributed by atoms with Gasteiger partial charge in [0.05, 0.1) is 11.6 Å². The zero-order chi connectivity index (χ0) is 18.8. The van der Waals surface area contributed by atoms with Crippen molar-refractivity contribution in [3.63, 3.8) is 0 Å². The number of hydrogen-bond acceptors (Lipinski definition) is 5. The molecule has 1 amide bonds. The summed E-state index contributed by atoms with van der Waals surface area (Å²) in [5.74, 6) is 0.169. The molecule has 0 bridgehead atoms. The first kappa shape index (κ1) is 17.3. The van der Waals surface area contributed by atoms with Gasteiger partial charge in [0, 0.05) is 17.3 Å². The van der Waals surface area contributed by atoms with Gasteiger partial charge in [-0.1, -0.05) is 23.9 Å². The normalized spacial score (nSPS) is 17.9. The molecule has 1 aliphatic carbocycles. The molecule has 0 unspecified atom stereocenters. The highest BCUT2D eigenvalue weighted by molar-refractivity contribution is 7.98. The van der Waals surface area contributed by atoms with Crippen molar-refractivity contribution in [2.75, 3.05) is 11.6 Å². The van der Waals surface area contributed by atoms with E-state index < -0.39 is 0 Å². The molecule has 2 atom stereocenters. The van der Waals surface area contributed by atoms with E-state index >= 15 is 0 Å². The second kappa shape index (κ2) is 7.25. The third-order valence-corrected chi connectivity index (χ3v) is 5.33. The minimum absolute atomic E-state index is 0.0178. The number of nitrogens with one attached hydrogen (secondary N) is 1. The van der Waals surface area contributed by atoms with Crippen LogP contribution in [0.5, 0.6) is 0 Å². The largest absolute Gasteiger partial charge is 0.326 e. The molecule has 0 saturated heterocycles. The van der Waals surface area contributed by atoms with Crippen molar-refractivity contribution in [3.05, 3.63) is 66.0 Å². The molecule has 0 radical (unpaired) electrons. The zero-order valence-electron chi connectivity index (χ0n) is 14.7. The maximum absolute atomic E-state index is 12.5. The van der Waals surface area contributed by atoms with E-state index in [0.29, 0.717) is 5.56 Å². The lowest BCUT2D eigenvalue weighted by Gasteiger charge is -2.08. The number of anilines is 1. The molecule has 2 aromatic carbocycles. The molecule has 134 valence electrons. The molecule has 7 heteroatoms. The number of nitrogens with zero attached hydrogens (tertiary/aromatic N) is 4. The fraction of sp³-hybridized carbons (Fsp3) is 0.200. The van der Waals surface area contributed by atoms with Gasteiger partial charge in [0.1, 0.15) is 6.33 Å². The Labute approximate surface area is 161 Å². The Balaban J connectivity index is 1.41. The molecule has 1 heterocycles. The summed E-state index contributed by atoms with van der Waals surface area (Å²) in [6, 6.07) is 17.3. The van der Waals surface area contributed by atoms with Gasteiger partial charge in [-0.3, -0.25) is 9.36 Å². The van der Waals surface area contributed by atoms with Crippen LogP contribution in [0.15, 0.2) is 60.0 Å². The summed E-state index contributed by atoms with van der Waals surface area (Å²) in [4.78, 5) is 12.5. The number of amides is 1. The van der Waals surface area contributed by atoms with Crippen LogP contribution in [-0.2, 0) is 4.79 Å². The van der Waals surface area contributed by atoms with E-state index in [0.717, 1.165) is 28.5 Å². The number of rotatable bonds is 5. The van der Waals surface area contributed by atoms with Crippen molar-refractivity contribution in [3.8, 4) is 11.8 Å². The highest BCUT2D eigenvalue weighted by atomic mass is 32.2. The molecular weight excluding hydrogens is 358 g/mol. The predicted molar refractivity (Wildman–Crippen MR) is 104 cm³/mol. The molecule has 3 aromatic rings. The molecule has 1 saturated carbocycles. The molecule has 1 N–H and O–H groups in total. The van der Waals surface area contributed by atoms with Crippen molar-refractivity contribution in [1.82, 2.24) is 14.8 Å². The maximum atomic E-state index is 12.5. The van der Waals surface area contributed by atoms with E-state index in [1.807, 2.05) is 53.3 Å². The van der Waals surface area contributed by atoms with Crippen LogP contribution < -0.4 is 5.32 Å². The summed E-state index contributed by atoms with van der Waals surface area (Å²) in [6.45, 7) is 0. The second-order valence-corrected chi connectivity index (χ2v) is 7.18. The smallest absolute Gasteiger partial charge is 0.228 e. The summed E-state index contributed by atoms with van der Waals surface area (Å²) in [5, 5.41) is 20.8. The van der Waals surface area contributed by atoms with Crippen LogP contribution in [0.25, 0.3) is 5.69 Å². The second-order valence-electron chi connectivity index (χ2n) is 6.41. The monoisotopic (exact) mass is 375 g/mol. The first-order valence-corrected chi connectivity index (χ1v) is 9.77. The molecule has 1 aromatic heterocycles. The van der Waals surface area contributed by atoms with Gasteiger partial charge in [-0.15, -0.1) is 10.2 Å². The number of carbonyl (C=O) groups is 1. The van der Waals surface area contributed by atoms with Crippen LogP contribution in [0.1, 0.15) is 23.5 Å². The Hall–Kier alpha value is -3.11. The number of carbonyl (C=O) groups excluding carboxylic acids is 1. The van der Waals surface area contributed by atoms with Gasteiger partial charge in [-0.05, 0) is 60.6 Å². The molecule has 0 spiro atoms. The first-order chi connectivity index (χ1) is 13.2. The van der Waals surface area contributed by atoms with Crippen molar-refractivity contribution < 1.29 is 4.79 Å². The summed E-state index contributed by atoms with van der Waals surface area (Å²) < 4.78 is 1.90. The third-order valence-electron chi connectivity index (χ3n) is 4.68. The fourth-order valence-electron chi connectivity index (χ4n) is 3.17. The standard InChI is InChI=1S/C20H17N5OS/c1-27-20-24-22-12-25(20)16-7-5-15(6-8-16)23-19(26)18-10-17(18)14-4-2-3-13(9-14)11-21/h2-9,12,17-18H,10H2,1H3,(H,23,26)/t17-,18-/m1/s1. The van der Waals surface area contributed by atoms with Gasteiger partial charge in [-0.2, -0.15) is 5.26 Å². The maximum Gasteiger partial charge on any atom is 0.228 e. The summed E-state index contributed by atoms with van der Waals surface area (Å²) in [7, 11) is 0. The SMILES string of the molecule is CSc1nncn1-c1ccc(NC(=O)[C@@H]2C[C@@H]2c2cccc(C#N)c2)cc1.